The van der Waals surface area contributed by atoms with Gasteiger partial charge in [-0.05, 0) is 25.9 Å². The molecule has 1 aliphatic rings. The van der Waals surface area contributed by atoms with E-state index in [0.717, 1.165) is 19.5 Å². The first-order chi connectivity index (χ1) is 8.06. The Balaban J connectivity index is 2.14. The summed E-state index contributed by atoms with van der Waals surface area (Å²) in [5, 5.41) is 8.83. The number of carbonyl (C=O) groups is 1. The van der Waals surface area contributed by atoms with E-state index in [4.69, 9.17) is 5.11 Å². The van der Waals surface area contributed by atoms with E-state index in [9.17, 15) is 9.59 Å². The maximum Gasteiger partial charge on any atom is 0.342 e. The minimum absolute atomic E-state index is 0.265. The van der Waals surface area contributed by atoms with Crippen LogP contribution in [-0.4, -0.2) is 45.7 Å². The second-order valence-electron chi connectivity index (χ2n) is 4.51. The van der Waals surface area contributed by atoms with Gasteiger partial charge in [0.2, 0.25) is 0 Å². The first kappa shape index (κ1) is 11.8. The highest BCUT2D eigenvalue weighted by molar-refractivity contribution is 5.86. The largest absolute Gasteiger partial charge is 0.477 e. The van der Waals surface area contributed by atoms with Crippen molar-refractivity contribution in [2.75, 3.05) is 20.1 Å². The number of carboxylic acids is 1. The highest BCUT2D eigenvalue weighted by Crippen LogP contribution is 2.15. The molecule has 1 N–H and O–H groups in total. The Bertz CT molecular complexity index is 483. The molecule has 1 atom stereocenters. The number of hydrogen-bond acceptors (Lipinski definition) is 4. The average molecular weight is 237 g/mol. The Hall–Kier alpha value is -1.69. The van der Waals surface area contributed by atoms with Gasteiger partial charge in [0.15, 0.2) is 0 Å². The molecule has 1 aromatic heterocycles. The van der Waals surface area contributed by atoms with Gasteiger partial charge in [-0.3, -0.25) is 4.79 Å². The van der Waals surface area contributed by atoms with E-state index in [1.54, 1.807) is 4.57 Å². The van der Waals surface area contributed by atoms with Crippen LogP contribution in [0.4, 0.5) is 0 Å². The lowest BCUT2D eigenvalue weighted by Gasteiger charge is -2.12. The Morgan fingerprint density at radius 3 is 3.00 bits per heavy atom. The molecule has 0 amide bonds. The van der Waals surface area contributed by atoms with E-state index in [0.29, 0.717) is 12.5 Å². The predicted octanol–water partition coefficient (Wildman–Crippen LogP) is -0.107. The summed E-state index contributed by atoms with van der Waals surface area (Å²) in [6.45, 7) is 2.76. The van der Waals surface area contributed by atoms with Crippen LogP contribution in [-0.2, 0) is 6.54 Å². The fourth-order valence-electron chi connectivity index (χ4n) is 2.17. The highest BCUT2D eigenvalue weighted by atomic mass is 16.4. The molecule has 1 saturated heterocycles. The second-order valence-corrected chi connectivity index (χ2v) is 4.51. The van der Waals surface area contributed by atoms with Crippen LogP contribution in [0.15, 0.2) is 17.3 Å². The SMILES string of the molecule is CN1CCC(Cn2cnc(=O)c(C(=O)O)c2)C1. The third kappa shape index (κ3) is 2.71. The number of likely N-dealkylation sites (tertiary alicyclic amines) is 1. The van der Waals surface area contributed by atoms with Gasteiger partial charge < -0.3 is 14.6 Å². The van der Waals surface area contributed by atoms with Crippen molar-refractivity contribution in [1.29, 1.82) is 0 Å². The lowest BCUT2D eigenvalue weighted by atomic mass is 10.1. The fourth-order valence-corrected chi connectivity index (χ4v) is 2.17. The van der Waals surface area contributed by atoms with Crippen LogP contribution in [0.3, 0.4) is 0 Å². The average Bonchev–Trinajstić information content (AvgIpc) is 2.66. The third-order valence-corrected chi connectivity index (χ3v) is 3.04. The van der Waals surface area contributed by atoms with Crippen molar-refractivity contribution in [3.8, 4) is 0 Å². The van der Waals surface area contributed by atoms with Gasteiger partial charge in [-0.1, -0.05) is 0 Å². The lowest BCUT2D eigenvalue weighted by molar-refractivity contribution is 0.0693. The minimum Gasteiger partial charge on any atom is -0.477 e. The van der Waals surface area contributed by atoms with Gasteiger partial charge in [0.1, 0.15) is 5.56 Å². The topological polar surface area (TPSA) is 75.4 Å². The Morgan fingerprint density at radius 1 is 1.65 bits per heavy atom. The van der Waals surface area contributed by atoms with Gasteiger partial charge in [0.25, 0.3) is 5.56 Å². The first-order valence-corrected chi connectivity index (χ1v) is 5.54. The Kier molecular flexibility index (Phi) is 3.23. The van der Waals surface area contributed by atoms with Crippen molar-refractivity contribution >= 4 is 5.97 Å². The molecule has 6 nitrogen and oxygen atoms in total. The van der Waals surface area contributed by atoms with Crippen molar-refractivity contribution in [2.45, 2.75) is 13.0 Å². The van der Waals surface area contributed by atoms with Crippen molar-refractivity contribution < 1.29 is 9.90 Å². The zero-order valence-electron chi connectivity index (χ0n) is 9.67. The van der Waals surface area contributed by atoms with E-state index in [1.807, 2.05) is 0 Å². The molecule has 1 fully saturated rings. The van der Waals surface area contributed by atoms with Crippen LogP contribution < -0.4 is 5.56 Å². The number of aromatic nitrogens is 2. The zero-order valence-corrected chi connectivity index (χ0v) is 9.67. The number of aromatic carboxylic acids is 1. The quantitative estimate of drug-likeness (QED) is 0.794. The molecule has 6 heteroatoms. The van der Waals surface area contributed by atoms with Crippen molar-refractivity contribution in [2.24, 2.45) is 5.92 Å². The smallest absolute Gasteiger partial charge is 0.342 e. The van der Waals surface area contributed by atoms with Gasteiger partial charge >= 0.3 is 5.97 Å². The molecule has 0 saturated carbocycles. The van der Waals surface area contributed by atoms with Crippen molar-refractivity contribution in [3.63, 3.8) is 0 Å². The molecule has 0 aromatic carbocycles. The first-order valence-electron chi connectivity index (χ1n) is 5.54. The van der Waals surface area contributed by atoms with Crippen LogP contribution in [0.2, 0.25) is 0 Å². The third-order valence-electron chi connectivity index (χ3n) is 3.04. The fraction of sp³-hybridized carbons (Fsp3) is 0.545. The summed E-state index contributed by atoms with van der Waals surface area (Å²) in [4.78, 5) is 27.8. The van der Waals surface area contributed by atoms with Gasteiger partial charge in [0, 0.05) is 19.3 Å². The molecule has 92 valence electrons. The monoisotopic (exact) mass is 237 g/mol. The summed E-state index contributed by atoms with van der Waals surface area (Å²) in [5.74, 6) is -0.730. The zero-order chi connectivity index (χ0) is 12.4. The lowest BCUT2D eigenvalue weighted by Crippen LogP contribution is -2.23. The summed E-state index contributed by atoms with van der Waals surface area (Å²) >= 11 is 0. The normalized spacial score (nSPS) is 20.6. The van der Waals surface area contributed by atoms with Crippen LogP contribution >= 0.6 is 0 Å². The van der Waals surface area contributed by atoms with Crippen LogP contribution in [0, 0.1) is 5.92 Å². The Morgan fingerprint density at radius 2 is 2.41 bits per heavy atom. The van der Waals surface area contributed by atoms with Gasteiger partial charge in [-0.2, -0.15) is 4.98 Å². The van der Waals surface area contributed by atoms with Gasteiger partial charge in [0.05, 0.1) is 6.33 Å². The summed E-state index contributed by atoms with van der Waals surface area (Å²) in [6, 6.07) is 0. The standard InChI is InChI=1S/C11H15N3O3/c1-13-3-2-8(4-13)5-14-6-9(11(16)17)10(15)12-7-14/h6-8H,2-5H2,1H3,(H,16,17). The molecule has 17 heavy (non-hydrogen) atoms. The molecule has 0 radical (unpaired) electrons. The molecule has 1 unspecified atom stereocenters. The number of rotatable bonds is 3. The molecule has 0 bridgehead atoms. The van der Waals surface area contributed by atoms with Crippen molar-refractivity contribution in [1.82, 2.24) is 14.5 Å². The maximum absolute atomic E-state index is 11.2. The van der Waals surface area contributed by atoms with Gasteiger partial charge in [-0.15, -0.1) is 0 Å². The molecule has 0 spiro atoms. The number of nitrogens with zero attached hydrogens (tertiary/aromatic N) is 3. The van der Waals surface area contributed by atoms with Crippen molar-refractivity contribution in [3.05, 3.63) is 28.4 Å². The second kappa shape index (κ2) is 4.67. The maximum atomic E-state index is 11.2. The molecule has 0 aliphatic carbocycles. The van der Waals surface area contributed by atoms with Crippen LogP contribution in [0.5, 0.6) is 0 Å². The predicted molar refractivity (Wildman–Crippen MR) is 61.1 cm³/mol. The van der Waals surface area contributed by atoms with E-state index >= 15 is 0 Å². The van der Waals surface area contributed by atoms with Crippen LogP contribution in [0.1, 0.15) is 16.8 Å². The molecule has 1 aliphatic heterocycles. The van der Waals surface area contributed by atoms with E-state index in [1.165, 1.54) is 12.5 Å². The highest BCUT2D eigenvalue weighted by Gasteiger charge is 2.20. The van der Waals surface area contributed by atoms with Crippen LogP contribution in [0.25, 0.3) is 0 Å². The molecule has 1 aromatic rings. The summed E-state index contributed by atoms with van der Waals surface area (Å²) in [7, 11) is 2.06. The molecular weight excluding hydrogens is 222 g/mol. The summed E-state index contributed by atoms with van der Waals surface area (Å²) in [5.41, 5.74) is -0.948. The number of carboxylic acid groups (broad SMARTS) is 1. The van der Waals surface area contributed by atoms with E-state index in [-0.39, 0.29) is 5.56 Å². The number of hydrogen-bond donors (Lipinski definition) is 1. The van der Waals surface area contributed by atoms with E-state index < -0.39 is 11.5 Å². The molecule has 2 heterocycles. The molecular formula is C11H15N3O3. The minimum atomic E-state index is -1.22. The Labute approximate surface area is 98.5 Å². The molecule has 2 rings (SSSR count). The summed E-state index contributed by atoms with van der Waals surface area (Å²) < 4.78 is 1.69. The summed E-state index contributed by atoms with van der Waals surface area (Å²) in [6.07, 6.45) is 3.87. The van der Waals surface area contributed by atoms with Gasteiger partial charge in [-0.25, -0.2) is 4.79 Å². The van der Waals surface area contributed by atoms with E-state index in [2.05, 4.69) is 16.9 Å².